The molecule has 168 valence electrons. The molecule has 0 unspecified atom stereocenters. The molecule has 0 aliphatic rings. The third-order valence-electron chi connectivity index (χ3n) is 4.71. The molecular formula is C25H27NO5S. The van der Waals surface area contributed by atoms with Crippen LogP contribution in [0.4, 0.5) is 5.69 Å². The molecule has 0 amide bonds. The Bertz CT molecular complexity index is 1040. The fourth-order valence-corrected chi connectivity index (χ4v) is 3.72. The van der Waals surface area contributed by atoms with Gasteiger partial charge in [-0.25, -0.2) is 0 Å². The third-order valence-corrected chi connectivity index (χ3v) is 5.54. The Morgan fingerprint density at radius 2 is 1.19 bits per heavy atom. The van der Waals surface area contributed by atoms with Gasteiger partial charge in [0, 0.05) is 10.6 Å². The maximum absolute atomic E-state index is 5.41. The van der Waals surface area contributed by atoms with E-state index in [4.69, 9.17) is 23.7 Å². The van der Waals surface area contributed by atoms with Gasteiger partial charge in [0.1, 0.15) is 0 Å². The van der Waals surface area contributed by atoms with Crippen molar-refractivity contribution in [3.8, 4) is 28.7 Å². The molecular weight excluding hydrogens is 426 g/mol. The highest BCUT2D eigenvalue weighted by Crippen LogP contribution is 2.38. The normalized spacial score (nSPS) is 10.7. The minimum atomic E-state index is 0.578. The monoisotopic (exact) mass is 453 g/mol. The molecule has 3 aromatic rings. The molecule has 0 saturated carbocycles. The Labute approximate surface area is 193 Å². The molecule has 3 aromatic carbocycles. The van der Waals surface area contributed by atoms with Crippen LogP contribution in [0.2, 0.25) is 0 Å². The predicted molar refractivity (Wildman–Crippen MR) is 130 cm³/mol. The highest BCUT2D eigenvalue weighted by Gasteiger charge is 2.12. The Morgan fingerprint density at radius 1 is 0.594 bits per heavy atom. The van der Waals surface area contributed by atoms with Crippen LogP contribution in [0.5, 0.6) is 28.7 Å². The fourth-order valence-electron chi connectivity index (χ4n) is 3.05. The van der Waals surface area contributed by atoms with E-state index in [9.17, 15) is 0 Å². The summed E-state index contributed by atoms with van der Waals surface area (Å²) in [4.78, 5) is 1.02. The lowest BCUT2D eigenvalue weighted by molar-refractivity contribution is 0.324. The molecule has 0 radical (unpaired) electrons. The van der Waals surface area contributed by atoms with Crippen LogP contribution in [0.25, 0.3) is 12.2 Å². The summed E-state index contributed by atoms with van der Waals surface area (Å²) in [6, 6.07) is 17.8. The van der Waals surface area contributed by atoms with Gasteiger partial charge in [0.2, 0.25) is 5.75 Å². The smallest absolute Gasteiger partial charge is 0.203 e. The number of methoxy groups -OCH3 is 5. The molecule has 3 rings (SSSR count). The molecule has 32 heavy (non-hydrogen) atoms. The van der Waals surface area contributed by atoms with E-state index in [-0.39, 0.29) is 0 Å². The first kappa shape index (κ1) is 23.2. The van der Waals surface area contributed by atoms with E-state index in [1.54, 1.807) is 35.5 Å². The van der Waals surface area contributed by atoms with E-state index < -0.39 is 0 Å². The SMILES string of the molecule is COc1ccc(SNc2ccc(/C=C\c3cc(OC)c(OC)c(OC)c3)cc2)cc1OC. The fraction of sp³-hybridized carbons (Fsp3) is 0.200. The van der Waals surface area contributed by atoms with Crippen LogP contribution in [0.1, 0.15) is 11.1 Å². The van der Waals surface area contributed by atoms with E-state index in [0.29, 0.717) is 28.7 Å². The Balaban J connectivity index is 1.67. The van der Waals surface area contributed by atoms with Crippen molar-refractivity contribution in [2.75, 3.05) is 40.3 Å². The maximum Gasteiger partial charge on any atom is 0.203 e. The number of benzene rings is 3. The lowest BCUT2D eigenvalue weighted by atomic mass is 10.1. The minimum absolute atomic E-state index is 0.578. The van der Waals surface area contributed by atoms with Crippen LogP contribution in [0.15, 0.2) is 59.5 Å². The zero-order chi connectivity index (χ0) is 22.9. The Kier molecular flexibility index (Phi) is 8.16. The Morgan fingerprint density at radius 3 is 1.75 bits per heavy atom. The lowest BCUT2D eigenvalue weighted by Crippen LogP contribution is -1.95. The molecule has 0 aliphatic heterocycles. The van der Waals surface area contributed by atoms with E-state index in [1.165, 1.54) is 11.9 Å². The largest absolute Gasteiger partial charge is 0.493 e. The predicted octanol–water partition coefficient (Wildman–Crippen LogP) is 6.02. The summed E-state index contributed by atoms with van der Waals surface area (Å²) in [6.45, 7) is 0. The quantitative estimate of drug-likeness (QED) is 0.298. The lowest BCUT2D eigenvalue weighted by Gasteiger charge is -2.12. The second-order valence-corrected chi connectivity index (χ2v) is 7.51. The minimum Gasteiger partial charge on any atom is -0.493 e. The topological polar surface area (TPSA) is 58.2 Å². The maximum atomic E-state index is 5.41. The molecule has 6 nitrogen and oxygen atoms in total. The summed E-state index contributed by atoms with van der Waals surface area (Å²) in [5, 5.41) is 0. The molecule has 7 heteroatoms. The summed E-state index contributed by atoms with van der Waals surface area (Å²) < 4.78 is 30.2. The number of nitrogens with one attached hydrogen (secondary N) is 1. The van der Waals surface area contributed by atoms with Crippen LogP contribution in [0, 0.1) is 0 Å². The summed E-state index contributed by atoms with van der Waals surface area (Å²) >= 11 is 1.51. The van der Waals surface area contributed by atoms with E-state index in [2.05, 4.69) is 4.72 Å². The molecule has 0 aliphatic carbocycles. The van der Waals surface area contributed by atoms with Crippen LogP contribution in [-0.4, -0.2) is 35.5 Å². The van der Waals surface area contributed by atoms with Crippen molar-refractivity contribution in [1.82, 2.24) is 0 Å². The second-order valence-electron chi connectivity index (χ2n) is 6.63. The number of anilines is 1. The van der Waals surface area contributed by atoms with Gasteiger partial charge < -0.3 is 28.4 Å². The molecule has 0 fully saturated rings. The van der Waals surface area contributed by atoms with Crippen molar-refractivity contribution >= 4 is 29.8 Å². The van der Waals surface area contributed by atoms with Gasteiger partial charge in [-0.15, -0.1) is 0 Å². The van der Waals surface area contributed by atoms with E-state index in [1.807, 2.05) is 66.7 Å². The zero-order valence-corrected chi connectivity index (χ0v) is 19.6. The number of hydrogen-bond acceptors (Lipinski definition) is 7. The van der Waals surface area contributed by atoms with Crippen molar-refractivity contribution < 1.29 is 23.7 Å². The van der Waals surface area contributed by atoms with Crippen molar-refractivity contribution in [2.45, 2.75) is 4.90 Å². The second kappa shape index (κ2) is 11.2. The summed E-state index contributed by atoms with van der Waals surface area (Å²) in [7, 11) is 8.06. The van der Waals surface area contributed by atoms with Crippen molar-refractivity contribution in [2.24, 2.45) is 0 Å². The van der Waals surface area contributed by atoms with Gasteiger partial charge in [-0.3, -0.25) is 0 Å². The third kappa shape index (κ3) is 5.62. The van der Waals surface area contributed by atoms with Gasteiger partial charge in [-0.1, -0.05) is 24.3 Å². The van der Waals surface area contributed by atoms with Gasteiger partial charge in [0.05, 0.1) is 35.5 Å². The number of rotatable bonds is 10. The first-order chi connectivity index (χ1) is 15.6. The zero-order valence-electron chi connectivity index (χ0n) is 18.8. The first-order valence-corrected chi connectivity index (χ1v) is 10.7. The van der Waals surface area contributed by atoms with E-state index in [0.717, 1.165) is 21.7 Å². The highest BCUT2D eigenvalue weighted by atomic mass is 32.2. The van der Waals surface area contributed by atoms with Crippen LogP contribution in [0.3, 0.4) is 0 Å². The number of hydrogen-bond donors (Lipinski definition) is 1. The average Bonchev–Trinajstić information content (AvgIpc) is 2.85. The Hall–Kier alpha value is -3.45. The van der Waals surface area contributed by atoms with Crippen molar-refractivity contribution in [1.29, 1.82) is 0 Å². The average molecular weight is 454 g/mol. The van der Waals surface area contributed by atoms with Gasteiger partial charge in [0.25, 0.3) is 0 Å². The molecule has 0 spiro atoms. The molecule has 0 heterocycles. The van der Waals surface area contributed by atoms with Crippen molar-refractivity contribution in [3.63, 3.8) is 0 Å². The standard InChI is InChI=1S/C25H27NO5S/c1-27-21-13-12-20(16-22(21)28-2)32-26-19-10-8-17(9-11-19)6-7-18-14-23(29-3)25(31-5)24(15-18)30-4/h6-16,26H,1-5H3/b7-6-. The summed E-state index contributed by atoms with van der Waals surface area (Å²) in [5.74, 6) is 3.23. The van der Waals surface area contributed by atoms with Crippen LogP contribution in [-0.2, 0) is 0 Å². The molecule has 1 N–H and O–H groups in total. The molecule has 0 aromatic heterocycles. The van der Waals surface area contributed by atoms with E-state index >= 15 is 0 Å². The highest BCUT2D eigenvalue weighted by molar-refractivity contribution is 8.00. The van der Waals surface area contributed by atoms with Crippen LogP contribution >= 0.6 is 11.9 Å². The first-order valence-electron chi connectivity index (χ1n) is 9.84. The van der Waals surface area contributed by atoms with Crippen molar-refractivity contribution in [3.05, 3.63) is 65.7 Å². The molecule has 0 atom stereocenters. The molecule has 0 saturated heterocycles. The summed E-state index contributed by atoms with van der Waals surface area (Å²) in [6.07, 6.45) is 4.04. The van der Waals surface area contributed by atoms with Gasteiger partial charge in [-0.2, -0.15) is 0 Å². The van der Waals surface area contributed by atoms with Gasteiger partial charge in [-0.05, 0) is 65.5 Å². The van der Waals surface area contributed by atoms with Crippen LogP contribution < -0.4 is 28.4 Å². The number of ether oxygens (including phenoxy) is 5. The van der Waals surface area contributed by atoms with Gasteiger partial charge in [0.15, 0.2) is 23.0 Å². The molecule has 0 bridgehead atoms. The van der Waals surface area contributed by atoms with Gasteiger partial charge >= 0.3 is 0 Å². The summed E-state index contributed by atoms with van der Waals surface area (Å²) in [5.41, 5.74) is 3.01.